The van der Waals surface area contributed by atoms with Crippen molar-refractivity contribution in [3.63, 3.8) is 0 Å². The fourth-order valence-electron chi connectivity index (χ4n) is 2.91. The molecular weight excluding hydrogens is 466 g/mol. The maximum Gasteiger partial charge on any atom is 0.267 e. The van der Waals surface area contributed by atoms with Gasteiger partial charge in [0.15, 0.2) is 0 Å². The Morgan fingerprint density at radius 3 is 2.50 bits per heavy atom. The van der Waals surface area contributed by atoms with Gasteiger partial charge in [-0.25, -0.2) is 13.4 Å². The Morgan fingerprint density at radius 2 is 1.81 bits per heavy atom. The molecule has 0 spiro atoms. The first-order valence-corrected chi connectivity index (χ1v) is 12.6. The van der Waals surface area contributed by atoms with Crippen LogP contribution >= 0.6 is 22.7 Å². The Balaban J connectivity index is 1.52. The molecule has 0 radical (unpaired) electrons. The number of sulfonamides is 1. The van der Waals surface area contributed by atoms with Crippen LogP contribution in [0.25, 0.3) is 9.88 Å². The van der Waals surface area contributed by atoms with Crippen molar-refractivity contribution in [1.82, 2.24) is 4.98 Å². The van der Waals surface area contributed by atoms with E-state index in [4.69, 9.17) is 4.74 Å². The Bertz CT molecular complexity index is 1350. The van der Waals surface area contributed by atoms with Gasteiger partial charge in [-0.3, -0.25) is 9.52 Å². The van der Waals surface area contributed by atoms with Gasteiger partial charge >= 0.3 is 0 Å². The normalized spacial score (nSPS) is 11.2. The van der Waals surface area contributed by atoms with E-state index < -0.39 is 10.0 Å². The van der Waals surface area contributed by atoms with Crippen LogP contribution in [0, 0.1) is 6.92 Å². The number of aryl methyl sites for hydroxylation is 1. The van der Waals surface area contributed by atoms with Gasteiger partial charge in [-0.2, -0.15) is 0 Å². The van der Waals surface area contributed by atoms with Crippen molar-refractivity contribution in [2.24, 2.45) is 0 Å². The molecule has 0 saturated heterocycles. The van der Waals surface area contributed by atoms with E-state index in [1.807, 2.05) is 17.5 Å². The molecule has 4 rings (SSSR count). The topological polar surface area (TPSA) is 97.4 Å². The molecular formula is C22H19N3O4S3. The monoisotopic (exact) mass is 485 g/mol. The molecule has 0 aliphatic heterocycles. The maximum absolute atomic E-state index is 12.8. The SMILES string of the molecule is COc1ccc(NS(=O)(=O)c2cccc(NC(=O)c3sc(-c4cccs4)nc3C)c2)cc1. The molecule has 0 atom stereocenters. The van der Waals surface area contributed by atoms with Gasteiger partial charge in [0.25, 0.3) is 15.9 Å². The van der Waals surface area contributed by atoms with Crippen LogP contribution in [0.3, 0.4) is 0 Å². The Morgan fingerprint density at radius 1 is 1.03 bits per heavy atom. The zero-order valence-electron chi connectivity index (χ0n) is 17.2. The van der Waals surface area contributed by atoms with E-state index in [1.165, 1.54) is 30.6 Å². The van der Waals surface area contributed by atoms with Crippen molar-refractivity contribution in [2.75, 3.05) is 17.1 Å². The number of nitrogens with one attached hydrogen (secondary N) is 2. The standard InChI is InChI=1S/C22H19N3O4S3/c1-14-20(31-22(23-14)19-7-4-12-30-19)21(26)24-16-5-3-6-18(13-16)32(27,28)25-15-8-10-17(29-2)11-9-15/h3-13,25H,1-2H3,(H,24,26). The second-order valence-electron chi connectivity index (χ2n) is 6.73. The zero-order chi connectivity index (χ0) is 22.7. The van der Waals surface area contributed by atoms with Gasteiger partial charge in [-0.05, 0) is 60.8 Å². The van der Waals surface area contributed by atoms with Crippen LogP contribution in [0.4, 0.5) is 11.4 Å². The van der Waals surface area contributed by atoms with E-state index in [0.29, 0.717) is 27.7 Å². The Labute approximate surface area is 193 Å². The number of anilines is 2. The number of rotatable bonds is 7. The molecule has 4 aromatic rings. The van der Waals surface area contributed by atoms with Crippen LogP contribution in [0.1, 0.15) is 15.4 Å². The average molecular weight is 486 g/mol. The highest BCUT2D eigenvalue weighted by Gasteiger charge is 2.19. The number of carbonyl (C=O) groups is 1. The van der Waals surface area contributed by atoms with E-state index in [-0.39, 0.29) is 10.8 Å². The molecule has 10 heteroatoms. The lowest BCUT2D eigenvalue weighted by Crippen LogP contribution is -2.15. The van der Waals surface area contributed by atoms with Crippen LogP contribution in [-0.2, 0) is 10.0 Å². The number of carbonyl (C=O) groups excluding carboxylic acids is 1. The molecule has 164 valence electrons. The minimum Gasteiger partial charge on any atom is -0.497 e. The lowest BCUT2D eigenvalue weighted by atomic mass is 10.3. The smallest absolute Gasteiger partial charge is 0.267 e. The number of thiazole rings is 1. The Kier molecular flexibility index (Phi) is 6.26. The first-order valence-electron chi connectivity index (χ1n) is 9.45. The Hall–Kier alpha value is -3.21. The first-order chi connectivity index (χ1) is 15.4. The summed E-state index contributed by atoms with van der Waals surface area (Å²) in [6.07, 6.45) is 0. The summed E-state index contributed by atoms with van der Waals surface area (Å²) in [6, 6.07) is 16.5. The summed E-state index contributed by atoms with van der Waals surface area (Å²) in [5.41, 5.74) is 1.40. The summed E-state index contributed by atoms with van der Waals surface area (Å²) < 4.78 is 33.2. The van der Waals surface area contributed by atoms with Gasteiger partial charge in [0.05, 0.1) is 22.6 Å². The number of nitrogens with zero attached hydrogens (tertiary/aromatic N) is 1. The quantitative estimate of drug-likeness (QED) is 0.373. The second-order valence-corrected chi connectivity index (χ2v) is 10.4. The van der Waals surface area contributed by atoms with Crippen LogP contribution in [0.2, 0.25) is 0 Å². The van der Waals surface area contributed by atoms with Gasteiger partial charge in [0, 0.05) is 11.4 Å². The number of aromatic nitrogens is 1. The molecule has 7 nitrogen and oxygen atoms in total. The van der Waals surface area contributed by atoms with E-state index in [9.17, 15) is 13.2 Å². The molecule has 0 bridgehead atoms. The molecule has 0 fully saturated rings. The fourth-order valence-corrected chi connectivity index (χ4v) is 5.78. The van der Waals surface area contributed by atoms with E-state index >= 15 is 0 Å². The summed E-state index contributed by atoms with van der Waals surface area (Å²) >= 11 is 2.86. The minimum absolute atomic E-state index is 0.0337. The molecule has 2 heterocycles. The average Bonchev–Trinajstić information content (AvgIpc) is 3.44. The number of amides is 1. The summed E-state index contributed by atoms with van der Waals surface area (Å²) in [7, 11) is -2.30. The number of hydrogen-bond acceptors (Lipinski definition) is 7. The molecule has 2 aromatic heterocycles. The summed E-state index contributed by atoms with van der Waals surface area (Å²) in [5.74, 6) is 0.290. The van der Waals surface area contributed by atoms with Crippen LogP contribution in [0.5, 0.6) is 5.75 Å². The number of methoxy groups -OCH3 is 1. The number of benzene rings is 2. The predicted molar refractivity (Wildman–Crippen MR) is 128 cm³/mol. The summed E-state index contributed by atoms with van der Waals surface area (Å²) in [6.45, 7) is 1.78. The minimum atomic E-state index is -3.84. The van der Waals surface area contributed by atoms with Gasteiger partial charge in [-0.1, -0.05) is 12.1 Å². The highest BCUT2D eigenvalue weighted by atomic mass is 32.2. The van der Waals surface area contributed by atoms with Crippen LogP contribution in [0.15, 0.2) is 70.9 Å². The molecule has 2 aromatic carbocycles. The zero-order valence-corrected chi connectivity index (χ0v) is 19.6. The highest BCUT2D eigenvalue weighted by Crippen LogP contribution is 2.31. The van der Waals surface area contributed by atoms with E-state index in [0.717, 1.165) is 9.88 Å². The third-order valence-corrected chi connectivity index (χ3v) is 8.05. The van der Waals surface area contributed by atoms with Gasteiger partial charge in [0.1, 0.15) is 15.6 Å². The van der Waals surface area contributed by atoms with Crippen molar-refractivity contribution in [3.8, 4) is 15.6 Å². The second kappa shape index (κ2) is 9.11. The fraction of sp³-hybridized carbons (Fsp3) is 0.0909. The lowest BCUT2D eigenvalue weighted by molar-refractivity contribution is 0.102. The van der Waals surface area contributed by atoms with Crippen LogP contribution in [-0.4, -0.2) is 26.4 Å². The largest absolute Gasteiger partial charge is 0.497 e. The molecule has 2 N–H and O–H groups in total. The third-order valence-electron chi connectivity index (χ3n) is 4.48. The van der Waals surface area contributed by atoms with Crippen molar-refractivity contribution < 1.29 is 17.9 Å². The summed E-state index contributed by atoms with van der Waals surface area (Å²) in [4.78, 5) is 18.8. The molecule has 32 heavy (non-hydrogen) atoms. The van der Waals surface area contributed by atoms with Gasteiger partial charge in [-0.15, -0.1) is 22.7 Å². The van der Waals surface area contributed by atoms with Gasteiger partial charge < -0.3 is 10.1 Å². The molecule has 1 amide bonds. The molecule has 0 aliphatic carbocycles. The van der Waals surface area contributed by atoms with Crippen molar-refractivity contribution in [1.29, 1.82) is 0 Å². The maximum atomic E-state index is 12.8. The van der Waals surface area contributed by atoms with E-state index in [2.05, 4.69) is 15.0 Å². The van der Waals surface area contributed by atoms with Crippen molar-refractivity contribution in [3.05, 3.63) is 76.6 Å². The lowest BCUT2D eigenvalue weighted by Gasteiger charge is -2.10. The molecule has 0 aliphatic rings. The number of thiophene rings is 1. The van der Waals surface area contributed by atoms with Crippen molar-refractivity contribution >= 4 is 50.0 Å². The van der Waals surface area contributed by atoms with Crippen LogP contribution < -0.4 is 14.8 Å². The van der Waals surface area contributed by atoms with Gasteiger partial charge in [0.2, 0.25) is 0 Å². The summed E-state index contributed by atoms with van der Waals surface area (Å²) in [5, 5.41) is 5.51. The third kappa shape index (κ3) is 4.82. The first kappa shape index (κ1) is 22.0. The molecule has 0 unspecified atom stereocenters. The number of hydrogen-bond donors (Lipinski definition) is 2. The highest BCUT2D eigenvalue weighted by molar-refractivity contribution is 7.92. The predicted octanol–water partition coefficient (Wildman–Crippen LogP) is 5.24. The van der Waals surface area contributed by atoms with Crippen molar-refractivity contribution in [2.45, 2.75) is 11.8 Å². The molecule has 0 saturated carbocycles. The van der Waals surface area contributed by atoms with E-state index in [1.54, 1.807) is 54.7 Å². The number of ether oxygens (including phenoxy) is 1.